The molecule has 1 amide bonds. The molecule has 0 saturated carbocycles. The van der Waals surface area contributed by atoms with Crippen molar-refractivity contribution in [2.45, 2.75) is 19.9 Å². The predicted octanol–water partition coefficient (Wildman–Crippen LogP) is 1.99. The minimum atomic E-state index is -0.866. The number of likely N-dealkylation sites (tertiary alicyclic amines) is 1. The number of hydrogen-bond acceptors (Lipinski definition) is 7. The summed E-state index contributed by atoms with van der Waals surface area (Å²) in [5, 5.41) is 11.2. The Bertz CT molecular complexity index is 1020. The summed E-state index contributed by atoms with van der Waals surface area (Å²) >= 11 is 0. The van der Waals surface area contributed by atoms with Crippen molar-refractivity contribution in [3.8, 4) is 0 Å². The molecule has 3 heterocycles. The van der Waals surface area contributed by atoms with Gasteiger partial charge in [-0.1, -0.05) is 0 Å². The first-order valence-electron chi connectivity index (χ1n) is 9.43. The zero-order valence-electron chi connectivity index (χ0n) is 17.6. The normalized spacial score (nSPS) is 18.5. The Morgan fingerprint density at radius 3 is 2.60 bits per heavy atom. The average Bonchev–Trinajstić information content (AvgIpc) is 3.38. The number of carbonyl (C=O) groups excluding carboxylic acids is 3. The van der Waals surface area contributed by atoms with Gasteiger partial charge in [0, 0.05) is 24.3 Å². The third-order valence-corrected chi connectivity index (χ3v) is 5.20. The highest BCUT2D eigenvalue weighted by molar-refractivity contribution is 6.46. The van der Waals surface area contributed by atoms with Gasteiger partial charge >= 0.3 is 5.97 Å². The van der Waals surface area contributed by atoms with Gasteiger partial charge in [0.1, 0.15) is 23.3 Å². The summed E-state index contributed by atoms with van der Waals surface area (Å²) in [5.74, 6) is -2.09. The van der Waals surface area contributed by atoms with Crippen LogP contribution in [0, 0.1) is 13.8 Å². The van der Waals surface area contributed by atoms with E-state index in [2.05, 4.69) is 4.98 Å². The average molecular weight is 415 g/mol. The Morgan fingerprint density at radius 1 is 1.33 bits per heavy atom. The van der Waals surface area contributed by atoms with Gasteiger partial charge in [-0.2, -0.15) is 0 Å². The number of Topliss-reactive ketones (excluding diaryl/α,β-unsaturated/α-hetero) is 1. The fourth-order valence-electron chi connectivity index (χ4n) is 3.71. The summed E-state index contributed by atoms with van der Waals surface area (Å²) in [6.07, 6.45) is 1.45. The van der Waals surface area contributed by atoms with Crippen LogP contribution in [0.15, 0.2) is 28.4 Å². The maximum absolute atomic E-state index is 12.9. The molecule has 0 unspecified atom stereocenters. The van der Waals surface area contributed by atoms with Gasteiger partial charge in [0.25, 0.3) is 11.7 Å². The Kier molecular flexibility index (Phi) is 5.84. The number of likely N-dealkylation sites (N-methyl/N-ethyl adjacent to an activating group) is 1. The zero-order chi connectivity index (χ0) is 22.2. The van der Waals surface area contributed by atoms with Crippen molar-refractivity contribution in [3.63, 3.8) is 0 Å². The van der Waals surface area contributed by atoms with Gasteiger partial charge in [-0.15, -0.1) is 0 Å². The first-order valence-corrected chi connectivity index (χ1v) is 9.43. The van der Waals surface area contributed by atoms with Gasteiger partial charge in [0.2, 0.25) is 0 Å². The summed E-state index contributed by atoms with van der Waals surface area (Å²) in [6, 6.07) is 2.45. The summed E-state index contributed by atoms with van der Waals surface area (Å²) < 4.78 is 10.3. The number of ether oxygens (including phenoxy) is 1. The van der Waals surface area contributed by atoms with E-state index in [1.165, 1.54) is 18.3 Å². The molecule has 0 radical (unpaired) electrons. The van der Waals surface area contributed by atoms with Crippen molar-refractivity contribution in [1.82, 2.24) is 14.8 Å². The lowest BCUT2D eigenvalue weighted by Crippen LogP contribution is -2.35. The predicted molar refractivity (Wildman–Crippen MR) is 108 cm³/mol. The summed E-state index contributed by atoms with van der Waals surface area (Å²) in [4.78, 5) is 43.9. The van der Waals surface area contributed by atoms with Crippen LogP contribution in [0.4, 0.5) is 0 Å². The molecule has 9 nitrogen and oxygen atoms in total. The number of carbonyl (C=O) groups is 3. The molecule has 0 spiro atoms. The van der Waals surface area contributed by atoms with Crippen LogP contribution in [-0.4, -0.2) is 71.8 Å². The second kappa shape index (κ2) is 8.19. The Labute approximate surface area is 173 Å². The number of aliphatic hydroxyl groups is 1. The highest BCUT2D eigenvalue weighted by atomic mass is 16.5. The molecule has 1 saturated heterocycles. The minimum absolute atomic E-state index is 0.0738. The van der Waals surface area contributed by atoms with E-state index in [0.29, 0.717) is 23.6 Å². The summed E-state index contributed by atoms with van der Waals surface area (Å²) in [6.45, 7) is 4.10. The molecule has 2 aromatic heterocycles. The number of esters is 1. The van der Waals surface area contributed by atoms with Crippen molar-refractivity contribution in [2.24, 2.45) is 0 Å². The van der Waals surface area contributed by atoms with Gasteiger partial charge in [-0.05, 0) is 45.6 Å². The van der Waals surface area contributed by atoms with Gasteiger partial charge in [-0.25, -0.2) is 4.79 Å². The molecule has 0 aromatic carbocycles. The molecule has 160 valence electrons. The third kappa shape index (κ3) is 3.52. The number of aromatic amines is 1. The van der Waals surface area contributed by atoms with E-state index in [9.17, 15) is 19.5 Å². The van der Waals surface area contributed by atoms with Crippen molar-refractivity contribution in [2.75, 3.05) is 34.3 Å². The van der Waals surface area contributed by atoms with E-state index in [1.54, 1.807) is 26.0 Å². The number of nitrogens with one attached hydrogen (secondary N) is 1. The first-order chi connectivity index (χ1) is 14.2. The van der Waals surface area contributed by atoms with Crippen molar-refractivity contribution in [3.05, 3.63) is 52.2 Å². The van der Waals surface area contributed by atoms with Gasteiger partial charge in [0.15, 0.2) is 0 Å². The van der Waals surface area contributed by atoms with E-state index >= 15 is 0 Å². The van der Waals surface area contributed by atoms with Crippen LogP contribution in [0.25, 0.3) is 5.76 Å². The minimum Gasteiger partial charge on any atom is -0.507 e. The zero-order valence-corrected chi connectivity index (χ0v) is 17.6. The smallest absolute Gasteiger partial charge is 0.354 e. The largest absolute Gasteiger partial charge is 0.507 e. The van der Waals surface area contributed by atoms with Crippen LogP contribution in [-0.2, 0) is 14.3 Å². The van der Waals surface area contributed by atoms with Crippen LogP contribution in [0.1, 0.15) is 39.1 Å². The van der Waals surface area contributed by atoms with Crippen molar-refractivity contribution < 1.29 is 28.6 Å². The summed E-state index contributed by atoms with van der Waals surface area (Å²) in [7, 11) is 4.98. The number of H-pyrrole nitrogens is 1. The van der Waals surface area contributed by atoms with Crippen LogP contribution < -0.4 is 0 Å². The fourth-order valence-corrected chi connectivity index (χ4v) is 3.71. The van der Waals surface area contributed by atoms with Gasteiger partial charge in [-0.3, -0.25) is 9.59 Å². The molecule has 1 atom stereocenters. The molecule has 0 aliphatic carbocycles. The molecule has 3 rings (SSSR count). The highest BCUT2D eigenvalue weighted by Crippen LogP contribution is 2.40. The van der Waals surface area contributed by atoms with Crippen LogP contribution in [0.5, 0.6) is 0 Å². The Balaban J connectivity index is 2.18. The number of aliphatic hydroxyl groups excluding tert-OH is 1. The maximum Gasteiger partial charge on any atom is 0.354 e. The molecule has 0 bridgehead atoms. The number of nitrogens with zero attached hydrogens (tertiary/aromatic N) is 2. The fraction of sp³-hybridized carbons (Fsp3) is 0.381. The maximum atomic E-state index is 12.9. The van der Waals surface area contributed by atoms with Crippen LogP contribution >= 0.6 is 0 Å². The second-order valence-corrected chi connectivity index (χ2v) is 7.43. The Morgan fingerprint density at radius 2 is 2.03 bits per heavy atom. The topological polar surface area (TPSA) is 116 Å². The first kappa shape index (κ1) is 21.4. The number of rotatable bonds is 6. The molecule has 1 aliphatic heterocycles. The molecular formula is C21H25N3O6. The van der Waals surface area contributed by atoms with Gasteiger partial charge < -0.3 is 29.0 Å². The number of furan rings is 1. The molecule has 2 N–H and O–H groups in total. The standard InChI is InChI=1S/C21H25N3O6/c1-11-14(12(2)22-16(11)21(28)29-5)18(25)15-17(13-7-6-10-30-13)24(9-8-23(3)4)20(27)19(15)26/h6-7,10,17,22,25H,8-9H2,1-5H3/b18-15+/t17-/m1/s1. The quantitative estimate of drug-likeness (QED) is 0.321. The molecule has 1 aliphatic rings. The van der Waals surface area contributed by atoms with E-state index in [1.807, 2.05) is 19.0 Å². The molecule has 1 fully saturated rings. The number of ketones is 1. The van der Waals surface area contributed by atoms with Crippen LogP contribution in [0.2, 0.25) is 0 Å². The number of aryl methyl sites for hydroxylation is 1. The number of methoxy groups -OCH3 is 1. The lowest BCUT2D eigenvalue weighted by atomic mass is 9.97. The lowest BCUT2D eigenvalue weighted by molar-refractivity contribution is -0.140. The van der Waals surface area contributed by atoms with Crippen molar-refractivity contribution >= 4 is 23.4 Å². The van der Waals surface area contributed by atoms with Crippen LogP contribution in [0.3, 0.4) is 0 Å². The van der Waals surface area contributed by atoms with E-state index in [4.69, 9.17) is 9.15 Å². The third-order valence-electron chi connectivity index (χ3n) is 5.20. The monoisotopic (exact) mass is 415 g/mol. The second-order valence-electron chi connectivity index (χ2n) is 7.43. The molecule has 30 heavy (non-hydrogen) atoms. The van der Waals surface area contributed by atoms with Crippen molar-refractivity contribution in [1.29, 1.82) is 0 Å². The SMILES string of the molecule is COC(=O)c1[nH]c(C)c(/C(O)=C2\C(=O)C(=O)N(CCN(C)C)[C@@H]2c2ccco2)c1C. The number of hydrogen-bond donors (Lipinski definition) is 2. The lowest BCUT2D eigenvalue weighted by Gasteiger charge is -2.24. The number of amides is 1. The number of aromatic nitrogens is 1. The molecule has 9 heteroatoms. The summed E-state index contributed by atoms with van der Waals surface area (Å²) in [5.41, 5.74) is 1.29. The van der Waals surface area contributed by atoms with E-state index in [0.717, 1.165) is 0 Å². The molecule has 2 aromatic rings. The molecular weight excluding hydrogens is 390 g/mol. The van der Waals surface area contributed by atoms with E-state index < -0.39 is 23.7 Å². The Hall–Kier alpha value is -3.33. The van der Waals surface area contributed by atoms with Gasteiger partial charge in [0.05, 0.1) is 18.9 Å². The van der Waals surface area contributed by atoms with E-state index in [-0.39, 0.29) is 29.1 Å². The highest BCUT2D eigenvalue weighted by Gasteiger charge is 2.47.